The van der Waals surface area contributed by atoms with Crippen molar-refractivity contribution >= 4 is 46.0 Å². The molecule has 0 fully saturated rings. The summed E-state index contributed by atoms with van der Waals surface area (Å²) >= 11 is 7.37. The molecule has 154 valence electrons. The molecule has 7 nitrogen and oxygen atoms in total. The number of nitrogens with zero attached hydrogens (tertiary/aromatic N) is 3. The smallest absolute Gasteiger partial charge is 0.227 e. The number of rotatable bonds is 7. The third-order valence-electron chi connectivity index (χ3n) is 3.98. The minimum atomic E-state index is -0.767. The Hall–Kier alpha value is -2.98. The number of aryl methyl sites for hydroxylation is 1. The van der Waals surface area contributed by atoms with Gasteiger partial charge in [-0.05, 0) is 30.3 Å². The number of hydrogen-bond acceptors (Lipinski definition) is 6. The van der Waals surface area contributed by atoms with E-state index in [9.17, 15) is 13.6 Å². The van der Waals surface area contributed by atoms with Crippen molar-refractivity contribution in [1.29, 1.82) is 0 Å². The van der Waals surface area contributed by atoms with Gasteiger partial charge in [0.25, 0.3) is 0 Å². The van der Waals surface area contributed by atoms with Crippen molar-refractivity contribution in [3.05, 3.63) is 64.8 Å². The maximum absolute atomic E-state index is 13.2. The van der Waals surface area contributed by atoms with Gasteiger partial charge in [0.15, 0.2) is 11.0 Å². The van der Waals surface area contributed by atoms with Crippen molar-refractivity contribution < 1.29 is 18.1 Å². The second-order valence-electron chi connectivity index (χ2n) is 6.30. The monoisotopic (exact) mass is 449 g/mol. The molecular formula is C19H14ClF2N5O2S. The predicted molar refractivity (Wildman–Crippen MR) is 108 cm³/mol. The SMILES string of the molecule is O=C(CCc1nc(CSc2nc3ccc(Cl)cc3[nH]2)no1)Nc1cc(F)cc(F)c1. The minimum Gasteiger partial charge on any atom is -0.339 e. The zero-order valence-electron chi connectivity index (χ0n) is 15.3. The summed E-state index contributed by atoms with van der Waals surface area (Å²) < 4.78 is 31.5. The van der Waals surface area contributed by atoms with Gasteiger partial charge >= 0.3 is 0 Å². The van der Waals surface area contributed by atoms with Crippen LogP contribution in [0.3, 0.4) is 0 Å². The highest BCUT2D eigenvalue weighted by molar-refractivity contribution is 7.98. The van der Waals surface area contributed by atoms with Gasteiger partial charge in [-0.3, -0.25) is 4.79 Å². The number of benzene rings is 2. The van der Waals surface area contributed by atoms with Gasteiger partial charge in [-0.15, -0.1) is 0 Å². The quantitative estimate of drug-likeness (QED) is 0.395. The first-order valence-corrected chi connectivity index (χ1v) is 10.2. The van der Waals surface area contributed by atoms with Crippen LogP contribution < -0.4 is 5.32 Å². The molecule has 4 aromatic rings. The largest absolute Gasteiger partial charge is 0.339 e. The third-order valence-corrected chi connectivity index (χ3v) is 5.09. The van der Waals surface area contributed by atoms with Crippen LogP contribution in [-0.4, -0.2) is 26.0 Å². The van der Waals surface area contributed by atoms with Crippen LogP contribution in [0.15, 0.2) is 46.1 Å². The fourth-order valence-corrected chi connectivity index (χ4v) is 3.58. The highest BCUT2D eigenvalue weighted by Crippen LogP contribution is 2.24. The highest BCUT2D eigenvalue weighted by atomic mass is 35.5. The molecule has 4 rings (SSSR count). The van der Waals surface area contributed by atoms with Gasteiger partial charge < -0.3 is 14.8 Å². The lowest BCUT2D eigenvalue weighted by Crippen LogP contribution is -2.12. The summed E-state index contributed by atoms with van der Waals surface area (Å²) in [6, 6.07) is 8.20. The number of hydrogen-bond donors (Lipinski definition) is 2. The van der Waals surface area contributed by atoms with E-state index in [1.807, 2.05) is 6.07 Å². The molecule has 30 heavy (non-hydrogen) atoms. The van der Waals surface area contributed by atoms with E-state index in [2.05, 4.69) is 25.4 Å². The van der Waals surface area contributed by atoms with Crippen LogP contribution in [0.1, 0.15) is 18.1 Å². The number of carbonyl (C=O) groups excluding carboxylic acids is 1. The van der Waals surface area contributed by atoms with Gasteiger partial charge in [-0.1, -0.05) is 28.5 Å². The Bertz CT molecular complexity index is 1190. The van der Waals surface area contributed by atoms with Gasteiger partial charge in [0.05, 0.1) is 16.8 Å². The summed E-state index contributed by atoms with van der Waals surface area (Å²) in [7, 11) is 0. The molecule has 0 saturated heterocycles. The molecule has 0 bridgehead atoms. The Kier molecular flexibility index (Phi) is 5.96. The predicted octanol–water partition coefficient (Wildman–Crippen LogP) is 4.74. The maximum atomic E-state index is 13.2. The standard InChI is InChI=1S/C19H14ClF2N5O2S/c20-10-1-2-14-15(5-10)25-19(24-14)30-9-16-26-18(29-27-16)4-3-17(28)23-13-7-11(21)6-12(22)8-13/h1-2,5-8H,3-4,9H2,(H,23,28)(H,24,25). The number of aromatic nitrogens is 4. The summed E-state index contributed by atoms with van der Waals surface area (Å²) in [4.78, 5) is 23.8. The normalized spacial score (nSPS) is 11.2. The number of aromatic amines is 1. The summed E-state index contributed by atoms with van der Waals surface area (Å²) in [6.45, 7) is 0. The summed E-state index contributed by atoms with van der Waals surface area (Å²) in [5.74, 6) is -0.779. The molecule has 0 atom stereocenters. The second kappa shape index (κ2) is 8.80. The van der Waals surface area contributed by atoms with E-state index < -0.39 is 17.5 Å². The average Bonchev–Trinajstić information content (AvgIpc) is 3.29. The zero-order valence-corrected chi connectivity index (χ0v) is 16.9. The van der Waals surface area contributed by atoms with Crippen molar-refractivity contribution in [2.45, 2.75) is 23.8 Å². The van der Waals surface area contributed by atoms with Crippen LogP contribution in [0.5, 0.6) is 0 Å². The van der Waals surface area contributed by atoms with Gasteiger partial charge in [0, 0.05) is 29.6 Å². The molecule has 1 amide bonds. The number of halogens is 3. The van der Waals surface area contributed by atoms with Gasteiger partial charge in [0.2, 0.25) is 11.8 Å². The molecule has 0 aliphatic rings. The van der Waals surface area contributed by atoms with Crippen molar-refractivity contribution in [3.8, 4) is 0 Å². The number of nitrogens with one attached hydrogen (secondary N) is 2. The average molecular weight is 450 g/mol. The van der Waals surface area contributed by atoms with E-state index in [-0.39, 0.29) is 18.5 Å². The Labute approximate surface area is 178 Å². The van der Waals surface area contributed by atoms with E-state index >= 15 is 0 Å². The van der Waals surface area contributed by atoms with Crippen molar-refractivity contribution in [2.75, 3.05) is 5.32 Å². The molecule has 2 heterocycles. The Morgan fingerprint density at radius 2 is 1.97 bits per heavy atom. The van der Waals surface area contributed by atoms with Crippen LogP contribution in [0.2, 0.25) is 5.02 Å². The number of amides is 1. The summed E-state index contributed by atoms with van der Waals surface area (Å²) in [6.07, 6.45) is 0.224. The topological polar surface area (TPSA) is 96.7 Å². The number of fused-ring (bicyclic) bond motifs is 1. The molecule has 0 radical (unpaired) electrons. The van der Waals surface area contributed by atoms with E-state index in [0.29, 0.717) is 27.6 Å². The molecule has 0 spiro atoms. The van der Waals surface area contributed by atoms with E-state index in [4.69, 9.17) is 16.1 Å². The number of carbonyl (C=O) groups is 1. The maximum Gasteiger partial charge on any atom is 0.227 e. The van der Waals surface area contributed by atoms with Gasteiger partial charge in [-0.25, -0.2) is 13.8 Å². The molecule has 0 aliphatic carbocycles. The first-order chi connectivity index (χ1) is 14.4. The first kappa shape index (κ1) is 20.3. The van der Waals surface area contributed by atoms with Gasteiger partial charge in [-0.2, -0.15) is 4.98 Å². The minimum absolute atomic E-state index is 0.0250. The lowest BCUT2D eigenvalue weighted by Gasteiger charge is -2.04. The van der Waals surface area contributed by atoms with Crippen LogP contribution in [0.25, 0.3) is 11.0 Å². The molecule has 0 saturated carbocycles. The fourth-order valence-electron chi connectivity index (χ4n) is 2.68. The molecule has 11 heteroatoms. The van der Waals surface area contributed by atoms with Crippen molar-refractivity contribution in [3.63, 3.8) is 0 Å². The number of imidazole rings is 1. The van der Waals surface area contributed by atoms with Crippen LogP contribution in [0, 0.1) is 11.6 Å². The van der Waals surface area contributed by atoms with Crippen LogP contribution in [-0.2, 0) is 17.0 Å². The molecule has 0 unspecified atom stereocenters. The van der Waals surface area contributed by atoms with E-state index in [1.165, 1.54) is 11.8 Å². The van der Waals surface area contributed by atoms with Crippen molar-refractivity contribution in [1.82, 2.24) is 20.1 Å². The molecular weight excluding hydrogens is 436 g/mol. The Balaban J connectivity index is 1.28. The van der Waals surface area contributed by atoms with Crippen LogP contribution in [0.4, 0.5) is 14.5 Å². The second-order valence-corrected chi connectivity index (χ2v) is 7.70. The first-order valence-electron chi connectivity index (χ1n) is 8.80. The van der Waals surface area contributed by atoms with E-state index in [1.54, 1.807) is 12.1 Å². The Morgan fingerprint density at radius 1 is 1.17 bits per heavy atom. The van der Waals surface area contributed by atoms with E-state index in [0.717, 1.165) is 29.2 Å². The lowest BCUT2D eigenvalue weighted by molar-refractivity contribution is -0.116. The van der Waals surface area contributed by atoms with Crippen molar-refractivity contribution in [2.24, 2.45) is 0 Å². The highest BCUT2D eigenvalue weighted by Gasteiger charge is 2.12. The molecule has 2 aromatic heterocycles. The fraction of sp³-hybridized carbons (Fsp3) is 0.158. The molecule has 0 aliphatic heterocycles. The molecule has 2 aromatic carbocycles. The number of anilines is 1. The number of thioether (sulfide) groups is 1. The summed E-state index contributed by atoms with van der Waals surface area (Å²) in [5.41, 5.74) is 1.69. The zero-order chi connectivity index (χ0) is 21.1. The lowest BCUT2D eigenvalue weighted by atomic mass is 10.2. The number of H-pyrrole nitrogens is 1. The van der Waals surface area contributed by atoms with Gasteiger partial charge in [0.1, 0.15) is 11.6 Å². The summed E-state index contributed by atoms with van der Waals surface area (Å²) in [5, 5.41) is 7.63. The Morgan fingerprint density at radius 3 is 2.77 bits per heavy atom. The molecule has 2 N–H and O–H groups in total. The van der Waals surface area contributed by atoms with Crippen LogP contribution >= 0.6 is 23.4 Å². The third kappa shape index (κ3) is 5.14.